The van der Waals surface area contributed by atoms with E-state index in [4.69, 9.17) is 4.74 Å². The van der Waals surface area contributed by atoms with Crippen LogP contribution in [0.25, 0.3) is 10.9 Å². The van der Waals surface area contributed by atoms with Crippen molar-refractivity contribution in [2.45, 2.75) is 24.7 Å². The van der Waals surface area contributed by atoms with Gasteiger partial charge in [0.2, 0.25) is 5.91 Å². The molecule has 0 radical (unpaired) electrons. The predicted octanol–water partition coefficient (Wildman–Crippen LogP) is 3.29. The second kappa shape index (κ2) is 9.52. The molecule has 1 N–H and O–H groups in total. The van der Waals surface area contributed by atoms with Crippen LogP contribution in [0.4, 0.5) is 0 Å². The standard InChI is InChI=1S/C22H24N2O4S/c1-17-8-10-19(11-9-17)29(26,27)16-12-21(25)23-14-4-15-28-20-7-2-5-18-6-3-13-24-22(18)20/h2-3,5-11,13H,4,12,14-16H2,1H3,(H,23,25). The lowest BCUT2D eigenvalue weighted by atomic mass is 10.2. The van der Waals surface area contributed by atoms with E-state index in [9.17, 15) is 13.2 Å². The highest BCUT2D eigenvalue weighted by Crippen LogP contribution is 2.22. The van der Waals surface area contributed by atoms with Crippen molar-refractivity contribution in [3.8, 4) is 5.75 Å². The first-order valence-electron chi connectivity index (χ1n) is 9.48. The van der Waals surface area contributed by atoms with Crippen molar-refractivity contribution < 1.29 is 17.9 Å². The molecule has 0 saturated heterocycles. The number of carbonyl (C=O) groups is 1. The number of amides is 1. The van der Waals surface area contributed by atoms with Gasteiger partial charge in [0.1, 0.15) is 11.3 Å². The van der Waals surface area contributed by atoms with Crippen LogP contribution < -0.4 is 10.1 Å². The first-order chi connectivity index (χ1) is 14.0. The van der Waals surface area contributed by atoms with Gasteiger partial charge in [0.15, 0.2) is 9.84 Å². The Morgan fingerprint density at radius 2 is 1.83 bits per heavy atom. The second-order valence-corrected chi connectivity index (χ2v) is 8.87. The number of carbonyl (C=O) groups excluding carboxylic acids is 1. The largest absolute Gasteiger partial charge is 0.491 e. The van der Waals surface area contributed by atoms with Gasteiger partial charge in [-0.15, -0.1) is 0 Å². The molecule has 0 aliphatic heterocycles. The molecule has 1 heterocycles. The molecule has 0 aliphatic rings. The molecule has 7 heteroatoms. The minimum atomic E-state index is -3.46. The summed E-state index contributed by atoms with van der Waals surface area (Å²) in [4.78, 5) is 16.5. The topological polar surface area (TPSA) is 85.4 Å². The highest BCUT2D eigenvalue weighted by molar-refractivity contribution is 7.91. The quantitative estimate of drug-likeness (QED) is 0.545. The van der Waals surface area contributed by atoms with Crippen molar-refractivity contribution in [2.24, 2.45) is 0 Å². The fourth-order valence-electron chi connectivity index (χ4n) is 2.85. The summed E-state index contributed by atoms with van der Waals surface area (Å²) in [5, 5.41) is 3.75. The summed E-state index contributed by atoms with van der Waals surface area (Å²) in [5.74, 6) is 0.214. The highest BCUT2D eigenvalue weighted by atomic mass is 32.2. The van der Waals surface area contributed by atoms with E-state index in [0.29, 0.717) is 25.3 Å². The molecule has 0 fully saturated rings. The number of hydrogen-bond acceptors (Lipinski definition) is 5. The van der Waals surface area contributed by atoms with Crippen molar-refractivity contribution in [3.63, 3.8) is 0 Å². The maximum atomic E-state index is 12.3. The first kappa shape index (κ1) is 20.8. The Morgan fingerprint density at radius 1 is 1.07 bits per heavy atom. The van der Waals surface area contributed by atoms with Crippen LogP contribution >= 0.6 is 0 Å². The second-order valence-electron chi connectivity index (χ2n) is 6.77. The Kier molecular flexibility index (Phi) is 6.82. The normalized spacial score (nSPS) is 11.3. The van der Waals surface area contributed by atoms with Gasteiger partial charge in [-0.25, -0.2) is 8.42 Å². The molecular weight excluding hydrogens is 388 g/mol. The van der Waals surface area contributed by atoms with Crippen molar-refractivity contribution in [3.05, 3.63) is 66.4 Å². The molecule has 1 amide bonds. The molecule has 2 aromatic carbocycles. The van der Waals surface area contributed by atoms with E-state index in [2.05, 4.69) is 10.3 Å². The molecule has 29 heavy (non-hydrogen) atoms. The van der Waals surface area contributed by atoms with E-state index in [0.717, 1.165) is 16.5 Å². The van der Waals surface area contributed by atoms with E-state index in [1.54, 1.807) is 30.5 Å². The number of ether oxygens (including phenoxy) is 1. The summed E-state index contributed by atoms with van der Waals surface area (Å²) >= 11 is 0. The lowest BCUT2D eigenvalue weighted by Gasteiger charge is -2.09. The van der Waals surface area contributed by atoms with Crippen molar-refractivity contribution >= 4 is 26.6 Å². The summed E-state index contributed by atoms with van der Waals surface area (Å²) < 4.78 is 30.3. The van der Waals surface area contributed by atoms with Crippen LogP contribution in [0.15, 0.2) is 65.7 Å². The number of fused-ring (bicyclic) bond motifs is 1. The molecule has 3 rings (SSSR count). The number of nitrogens with zero attached hydrogens (tertiary/aromatic N) is 1. The van der Waals surface area contributed by atoms with E-state index in [1.807, 2.05) is 37.3 Å². The van der Waals surface area contributed by atoms with Crippen LogP contribution in [0, 0.1) is 6.92 Å². The van der Waals surface area contributed by atoms with Crippen LogP contribution in [0.3, 0.4) is 0 Å². The van der Waals surface area contributed by atoms with Crippen LogP contribution in [0.2, 0.25) is 0 Å². The van der Waals surface area contributed by atoms with Gasteiger partial charge in [-0.2, -0.15) is 0 Å². The van der Waals surface area contributed by atoms with Gasteiger partial charge in [-0.1, -0.05) is 35.9 Å². The zero-order valence-corrected chi connectivity index (χ0v) is 17.1. The Hall–Kier alpha value is -2.93. The van der Waals surface area contributed by atoms with Crippen molar-refractivity contribution in [1.29, 1.82) is 0 Å². The average molecular weight is 413 g/mol. The molecule has 6 nitrogen and oxygen atoms in total. The van der Waals surface area contributed by atoms with Gasteiger partial charge in [0, 0.05) is 24.5 Å². The average Bonchev–Trinajstić information content (AvgIpc) is 2.72. The number of para-hydroxylation sites is 1. The van der Waals surface area contributed by atoms with Gasteiger partial charge in [0.05, 0.1) is 17.3 Å². The molecule has 0 atom stereocenters. The SMILES string of the molecule is Cc1ccc(S(=O)(=O)CCC(=O)NCCCOc2cccc3cccnc23)cc1. The Bertz CT molecular complexity index is 1070. The number of hydrogen-bond donors (Lipinski definition) is 1. The third-order valence-corrected chi connectivity index (χ3v) is 6.21. The molecule has 3 aromatic rings. The maximum absolute atomic E-state index is 12.3. The Balaban J connectivity index is 1.39. The summed E-state index contributed by atoms with van der Waals surface area (Å²) in [5.41, 5.74) is 1.79. The van der Waals surface area contributed by atoms with Gasteiger partial charge < -0.3 is 10.1 Å². The fourth-order valence-corrected chi connectivity index (χ4v) is 4.09. The number of nitrogens with one attached hydrogen (secondary N) is 1. The molecule has 0 bridgehead atoms. The molecule has 0 spiro atoms. The zero-order valence-electron chi connectivity index (χ0n) is 16.3. The number of benzene rings is 2. The van der Waals surface area contributed by atoms with Crippen LogP contribution in [-0.4, -0.2) is 38.2 Å². The van der Waals surface area contributed by atoms with Crippen LogP contribution in [0.1, 0.15) is 18.4 Å². The highest BCUT2D eigenvalue weighted by Gasteiger charge is 2.16. The predicted molar refractivity (Wildman–Crippen MR) is 113 cm³/mol. The van der Waals surface area contributed by atoms with E-state index in [1.165, 1.54) is 0 Å². The number of pyridine rings is 1. The summed E-state index contributed by atoms with van der Waals surface area (Å²) in [7, 11) is -3.46. The smallest absolute Gasteiger partial charge is 0.221 e. The Morgan fingerprint density at radius 3 is 2.62 bits per heavy atom. The molecule has 152 valence electrons. The molecule has 0 unspecified atom stereocenters. The number of sulfone groups is 1. The van der Waals surface area contributed by atoms with Gasteiger partial charge in [0.25, 0.3) is 0 Å². The zero-order chi connectivity index (χ0) is 20.7. The number of rotatable bonds is 9. The number of aryl methyl sites for hydroxylation is 1. The third-order valence-electron chi connectivity index (χ3n) is 4.47. The first-order valence-corrected chi connectivity index (χ1v) is 11.1. The van der Waals surface area contributed by atoms with Crippen molar-refractivity contribution in [1.82, 2.24) is 10.3 Å². The van der Waals surface area contributed by atoms with Gasteiger partial charge >= 0.3 is 0 Å². The lowest BCUT2D eigenvalue weighted by molar-refractivity contribution is -0.120. The molecular formula is C22H24N2O4S. The lowest BCUT2D eigenvalue weighted by Crippen LogP contribution is -2.27. The van der Waals surface area contributed by atoms with Gasteiger partial charge in [-0.3, -0.25) is 9.78 Å². The fraction of sp³-hybridized carbons (Fsp3) is 0.273. The monoisotopic (exact) mass is 412 g/mol. The molecule has 1 aromatic heterocycles. The van der Waals surface area contributed by atoms with Crippen LogP contribution in [-0.2, 0) is 14.6 Å². The maximum Gasteiger partial charge on any atom is 0.221 e. The molecule has 0 saturated carbocycles. The van der Waals surface area contributed by atoms with Gasteiger partial charge in [-0.05, 0) is 37.6 Å². The third kappa shape index (κ3) is 5.77. The minimum Gasteiger partial charge on any atom is -0.491 e. The minimum absolute atomic E-state index is 0.0652. The summed E-state index contributed by atoms with van der Waals surface area (Å²) in [6, 6.07) is 16.2. The van der Waals surface area contributed by atoms with Crippen molar-refractivity contribution in [2.75, 3.05) is 18.9 Å². The summed E-state index contributed by atoms with van der Waals surface area (Å²) in [6.07, 6.45) is 2.27. The van der Waals surface area contributed by atoms with Crippen LogP contribution in [0.5, 0.6) is 5.75 Å². The molecule has 0 aliphatic carbocycles. The van der Waals surface area contributed by atoms with E-state index >= 15 is 0 Å². The summed E-state index contributed by atoms with van der Waals surface area (Å²) in [6.45, 7) is 2.74. The van der Waals surface area contributed by atoms with E-state index in [-0.39, 0.29) is 23.0 Å². The van der Waals surface area contributed by atoms with E-state index < -0.39 is 9.84 Å². The number of aromatic nitrogens is 1. The Labute approximate surface area is 170 Å².